The summed E-state index contributed by atoms with van der Waals surface area (Å²) in [7, 11) is 3.72. The van der Waals surface area contributed by atoms with Crippen molar-refractivity contribution < 1.29 is 9.47 Å². The predicted molar refractivity (Wildman–Crippen MR) is 75.3 cm³/mol. The topological polar surface area (TPSA) is 30.5 Å². The van der Waals surface area contributed by atoms with E-state index < -0.39 is 0 Å². The predicted octanol–water partition coefficient (Wildman–Crippen LogP) is 2.64. The number of aryl methyl sites for hydroxylation is 1. The summed E-state index contributed by atoms with van der Waals surface area (Å²) >= 11 is 0. The lowest BCUT2D eigenvalue weighted by Gasteiger charge is -2.08. The van der Waals surface area contributed by atoms with Gasteiger partial charge in [-0.2, -0.15) is 0 Å². The van der Waals surface area contributed by atoms with Gasteiger partial charge in [-0.05, 0) is 57.0 Å². The van der Waals surface area contributed by atoms with Gasteiger partial charge >= 0.3 is 0 Å². The summed E-state index contributed by atoms with van der Waals surface area (Å²) in [5.41, 5.74) is 1.35. The van der Waals surface area contributed by atoms with Gasteiger partial charge < -0.3 is 14.8 Å². The van der Waals surface area contributed by atoms with E-state index >= 15 is 0 Å². The second-order valence-corrected chi connectivity index (χ2v) is 4.40. The standard InChI is InChI=1S/C15H25NO2/c1-16-10-6-8-14-7-5-9-15(13-14)18-12-4-3-11-17-2/h5,7,9,13,16H,3-4,6,8,10-12H2,1-2H3. The van der Waals surface area contributed by atoms with Crippen molar-refractivity contribution in [1.82, 2.24) is 5.32 Å². The summed E-state index contributed by atoms with van der Waals surface area (Å²) in [6, 6.07) is 8.40. The molecule has 102 valence electrons. The zero-order chi connectivity index (χ0) is 13.1. The molecule has 1 N–H and O–H groups in total. The highest BCUT2D eigenvalue weighted by Gasteiger charge is 1.97. The van der Waals surface area contributed by atoms with E-state index in [1.165, 1.54) is 5.56 Å². The molecule has 0 aliphatic rings. The Bertz CT molecular complexity index is 315. The van der Waals surface area contributed by atoms with E-state index in [-0.39, 0.29) is 0 Å². The molecular weight excluding hydrogens is 226 g/mol. The van der Waals surface area contributed by atoms with Crippen LogP contribution in [-0.2, 0) is 11.2 Å². The molecule has 0 unspecified atom stereocenters. The molecule has 1 rings (SSSR count). The molecular formula is C15H25NO2. The van der Waals surface area contributed by atoms with Gasteiger partial charge in [-0.3, -0.25) is 0 Å². The van der Waals surface area contributed by atoms with Crippen molar-refractivity contribution in [2.45, 2.75) is 25.7 Å². The Balaban J connectivity index is 2.26. The van der Waals surface area contributed by atoms with Crippen LogP contribution < -0.4 is 10.1 Å². The van der Waals surface area contributed by atoms with Crippen LogP contribution in [0.1, 0.15) is 24.8 Å². The maximum absolute atomic E-state index is 5.73. The van der Waals surface area contributed by atoms with E-state index in [9.17, 15) is 0 Å². The van der Waals surface area contributed by atoms with Gasteiger partial charge in [-0.15, -0.1) is 0 Å². The molecule has 0 saturated carbocycles. The van der Waals surface area contributed by atoms with Gasteiger partial charge in [0, 0.05) is 13.7 Å². The van der Waals surface area contributed by atoms with E-state index in [1.54, 1.807) is 7.11 Å². The molecule has 0 bridgehead atoms. The fraction of sp³-hybridized carbons (Fsp3) is 0.600. The van der Waals surface area contributed by atoms with E-state index in [4.69, 9.17) is 9.47 Å². The highest BCUT2D eigenvalue weighted by molar-refractivity contribution is 5.28. The van der Waals surface area contributed by atoms with Crippen molar-refractivity contribution in [2.24, 2.45) is 0 Å². The van der Waals surface area contributed by atoms with Crippen molar-refractivity contribution in [2.75, 3.05) is 33.9 Å². The van der Waals surface area contributed by atoms with Crippen LogP contribution in [0.25, 0.3) is 0 Å². The second kappa shape index (κ2) is 9.92. The van der Waals surface area contributed by atoms with Crippen molar-refractivity contribution >= 4 is 0 Å². The van der Waals surface area contributed by atoms with Crippen LogP contribution in [-0.4, -0.2) is 33.9 Å². The number of rotatable bonds is 10. The van der Waals surface area contributed by atoms with Crippen molar-refractivity contribution in [3.8, 4) is 5.75 Å². The average molecular weight is 251 g/mol. The minimum atomic E-state index is 0.767. The molecule has 3 nitrogen and oxygen atoms in total. The minimum Gasteiger partial charge on any atom is -0.494 e. The molecule has 0 atom stereocenters. The number of hydrogen-bond acceptors (Lipinski definition) is 3. The highest BCUT2D eigenvalue weighted by atomic mass is 16.5. The number of unbranched alkanes of at least 4 members (excludes halogenated alkanes) is 1. The third kappa shape index (κ3) is 6.62. The van der Waals surface area contributed by atoms with Crippen molar-refractivity contribution in [3.05, 3.63) is 29.8 Å². The lowest BCUT2D eigenvalue weighted by molar-refractivity contribution is 0.184. The normalized spacial score (nSPS) is 10.6. The molecule has 0 radical (unpaired) electrons. The third-order valence-corrected chi connectivity index (χ3v) is 2.80. The van der Waals surface area contributed by atoms with Crippen LogP contribution in [0.4, 0.5) is 0 Å². The van der Waals surface area contributed by atoms with Crippen molar-refractivity contribution in [1.29, 1.82) is 0 Å². The fourth-order valence-corrected chi connectivity index (χ4v) is 1.80. The van der Waals surface area contributed by atoms with Gasteiger partial charge in [0.2, 0.25) is 0 Å². The summed E-state index contributed by atoms with van der Waals surface area (Å²) in [6.45, 7) is 2.64. The van der Waals surface area contributed by atoms with E-state index in [2.05, 4.69) is 23.5 Å². The first kappa shape index (κ1) is 15.0. The number of ether oxygens (including phenoxy) is 2. The average Bonchev–Trinajstić information content (AvgIpc) is 2.39. The molecule has 0 heterocycles. The van der Waals surface area contributed by atoms with Gasteiger partial charge in [-0.25, -0.2) is 0 Å². The van der Waals surface area contributed by atoms with Gasteiger partial charge in [0.15, 0.2) is 0 Å². The number of benzene rings is 1. The molecule has 0 aromatic heterocycles. The number of methoxy groups -OCH3 is 1. The minimum absolute atomic E-state index is 0.767. The van der Waals surface area contributed by atoms with E-state index in [0.717, 1.165) is 51.2 Å². The maximum Gasteiger partial charge on any atom is 0.119 e. The second-order valence-electron chi connectivity index (χ2n) is 4.40. The first-order valence-electron chi connectivity index (χ1n) is 6.72. The molecule has 3 heteroatoms. The van der Waals surface area contributed by atoms with Gasteiger partial charge in [0.05, 0.1) is 6.61 Å². The summed E-state index contributed by atoms with van der Waals surface area (Å²) in [5.74, 6) is 0.981. The Kier molecular flexibility index (Phi) is 8.26. The van der Waals surface area contributed by atoms with E-state index in [1.807, 2.05) is 13.1 Å². The lowest BCUT2D eigenvalue weighted by Crippen LogP contribution is -2.08. The first-order chi connectivity index (χ1) is 8.86. The zero-order valence-electron chi connectivity index (χ0n) is 11.6. The smallest absolute Gasteiger partial charge is 0.119 e. The summed E-state index contributed by atoms with van der Waals surface area (Å²) in [4.78, 5) is 0. The molecule has 0 aliphatic carbocycles. The van der Waals surface area contributed by atoms with Crippen LogP contribution >= 0.6 is 0 Å². The van der Waals surface area contributed by atoms with Crippen LogP contribution in [0.3, 0.4) is 0 Å². The first-order valence-corrected chi connectivity index (χ1v) is 6.72. The quantitative estimate of drug-likeness (QED) is 0.648. The number of nitrogens with one attached hydrogen (secondary N) is 1. The Hall–Kier alpha value is -1.06. The monoisotopic (exact) mass is 251 g/mol. The molecule has 1 aromatic rings. The summed E-state index contributed by atoms with van der Waals surface area (Å²) in [6.07, 6.45) is 4.35. The molecule has 0 aliphatic heterocycles. The number of hydrogen-bond donors (Lipinski definition) is 1. The Morgan fingerprint density at radius 1 is 1.11 bits per heavy atom. The molecule has 0 fully saturated rings. The molecule has 0 saturated heterocycles. The van der Waals surface area contributed by atoms with Crippen LogP contribution in [0.2, 0.25) is 0 Å². The lowest BCUT2D eigenvalue weighted by atomic mass is 10.1. The molecule has 1 aromatic carbocycles. The summed E-state index contributed by atoms with van der Waals surface area (Å²) in [5, 5.41) is 3.16. The van der Waals surface area contributed by atoms with Crippen molar-refractivity contribution in [3.63, 3.8) is 0 Å². The molecule has 0 amide bonds. The SMILES string of the molecule is CNCCCc1cccc(OCCCCOC)c1. The maximum atomic E-state index is 5.73. The van der Waals surface area contributed by atoms with Gasteiger partial charge in [0.1, 0.15) is 5.75 Å². The Morgan fingerprint density at radius 3 is 2.72 bits per heavy atom. The molecule has 0 spiro atoms. The zero-order valence-corrected chi connectivity index (χ0v) is 11.6. The van der Waals surface area contributed by atoms with Gasteiger partial charge in [0.25, 0.3) is 0 Å². The van der Waals surface area contributed by atoms with Crippen LogP contribution in [0, 0.1) is 0 Å². The Labute approximate surface area is 110 Å². The molecule has 18 heavy (non-hydrogen) atoms. The largest absolute Gasteiger partial charge is 0.494 e. The highest BCUT2D eigenvalue weighted by Crippen LogP contribution is 2.15. The van der Waals surface area contributed by atoms with Gasteiger partial charge in [-0.1, -0.05) is 12.1 Å². The summed E-state index contributed by atoms with van der Waals surface area (Å²) < 4.78 is 10.7. The van der Waals surface area contributed by atoms with E-state index in [0.29, 0.717) is 0 Å². The van der Waals surface area contributed by atoms with Crippen LogP contribution in [0.15, 0.2) is 24.3 Å². The van der Waals surface area contributed by atoms with Crippen LogP contribution in [0.5, 0.6) is 5.75 Å². The fourth-order valence-electron chi connectivity index (χ4n) is 1.80. The third-order valence-electron chi connectivity index (χ3n) is 2.80. The Morgan fingerprint density at radius 2 is 1.94 bits per heavy atom.